The first-order chi connectivity index (χ1) is 9.06. The van der Waals surface area contributed by atoms with Crippen molar-refractivity contribution in [1.82, 2.24) is 9.97 Å². The summed E-state index contributed by atoms with van der Waals surface area (Å²) in [6.45, 7) is 2.03. The molecule has 19 heavy (non-hydrogen) atoms. The standard InChI is InChI=1S/C13H13ClIN3O/c1-3-9-11(15)12(16)18-13(17-9)8-5-4-7(14)6-10(8)19-2/h4-6H,3H2,1-2H3,(H2,16,17,18). The first kappa shape index (κ1) is 14.3. The van der Waals surface area contributed by atoms with Crippen LogP contribution in [-0.2, 0) is 6.42 Å². The van der Waals surface area contributed by atoms with Gasteiger partial charge >= 0.3 is 0 Å². The molecule has 100 valence electrons. The fourth-order valence-corrected chi connectivity index (χ4v) is 2.50. The van der Waals surface area contributed by atoms with Gasteiger partial charge in [0.05, 0.1) is 21.9 Å². The fourth-order valence-electron chi connectivity index (χ4n) is 1.72. The van der Waals surface area contributed by atoms with Gasteiger partial charge in [0.15, 0.2) is 5.82 Å². The van der Waals surface area contributed by atoms with Crippen molar-refractivity contribution in [2.24, 2.45) is 0 Å². The Labute approximate surface area is 130 Å². The molecule has 0 aliphatic heterocycles. The van der Waals surface area contributed by atoms with Gasteiger partial charge in [-0.2, -0.15) is 0 Å². The molecule has 1 aromatic carbocycles. The highest BCUT2D eigenvalue weighted by atomic mass is 127. The number of hydrogen-bond donors (Lipinski definition) is 1. The number of aryl methyl sites for hydroxylation is 1. The lowest BCUT2D eigenvalue weighted by Gasteiger charge is -2.11. The lowest BCUT2D eigenvalue weighted by Crippen LogP contribution is -2.05. The van der Waals surface area contributed by atoms with E-state index in [1.54, 1.807) is 19.2 Å². The summed E-state index contributed by atoms with van der Waals surface area (Å²) in [6.07, 6.45) is 0.800. The average molecular weight is 390 g/mol. The number of nitrogen functional groups attached to an aromatic ring is 1. The van der Waals surface area contributed by atoms with Gasteiger partial charge in [0.2, 0.25) is 0 Å². The van der Waals surface area contributed by atoms with Gasteiger partial charge in [0.25, 0.3) is 0 Å². The molecule has 0 aliphatic rings. The van der Waals surface area contributed by atoms with E-state index in [0.29, 0.717) is 22.4 Å². The average Bonchev–Trinajstić information content (AvgIpc) is 2.41. The van der Waals surface area contributed by atoms with Crippen LogP contribution in [0.3, 0.4) is 0 Å². The van der Waals surface area contributed by atoms with Gasteiger partial charge in [-0.25, -0.2) is 9.97 Å². The van der Waals surface area contributed by atoms with E-state index in [-0.39, 0.29) is 0 Å². The number of ether oxygens (including phenoxy) is 1. The van der Waals surface area contributed by atoms with Crippen LogP contribution in [0.2, 0.25) is 5.02 Å². The minimum Gasteiger partial charge on any atom is -0.496 e. The molecular weight excluding hydrogens is 377 g/mol. The summed E-state index contributed by atoms with van der Waals surface area (Å²) in [5.74, 6) is 1.68. The molecule has 1 heterocycles. The Kier molecular flexibility index (Phi) is 4.46. The van der Waals surface area contributed by atoms with E-state index < -0.39 is 0 Å². The normalized spacial score (nSPS) is 10.5. The monoisotopic (exact) mass is 389 g/mol. The highest BCUT2D eigenvalue weighted by molar-refractivity contribution is 14.1. The molecule has 2 rings (SSSR count). The highest BCUT2D eigenvalue weighted by Gasteiger charge is 2.14. The maximum absolute atomic E-state index is 5.95. The molecule has 0 amide bonds. The van der Waals surface area contributed by atoms with E-state index in [1.165, 1.54) is 0 Å². The Balaban J connectivity index is 2.62. The van der Waals surface area contributed by atoms with Gasteiger partial charge in [-0.3, -0.25) is 0 Å². The second kappa shape index (κ2) is 5.92. The third-order valence-corrected chi connectivity index (χ3v) is 4.10. The summed E-state index contributed by atoms with van der Waals surface area (Å²) in [6, 6.07) is 5.35. The molecule has 0 radical (unpaired) electrons. The molecule has 6 heteroatoms. The van der Waals surface area contributed by atoms with Gasteiger partial charge in [0.1, 0.15) is 11.6 Å². The summed E-state index contributed by atoms with van der Waals surface area (Å²) in [7, 11) is 1.59. The quantitative estimate of drug-likeness (QED) is 0.816. The summed E-state index contributed by atoms with van der Waals surface area (Å²) in [5.41, 5.74) is 7.64. The predicted molar refractivity (Wildman–Crippen MR) is 85.5 cm³/mol. The number of nitrogens with zero attached hydrogens (tertiary/aromatic N) is 2. The molecule has 0 saturated heterocycles. The Morgan fingerprint density at radius 1 is 1.37 bits per heavy atom. The lowest BCUT2D eigenvalue weighted by molar-refractivity contribution is 0.416. The van der Waals surface area contributed by atoms with E-state index in [9.17, 15) is 0 Å². The van der Waals surface area contributed by atoms with E-state index in [2.05, 4.69) is 32.6 Å². The van der Waals surface area contributed by atoms with Gasteiger partial charge < -0.3 is 10.5 Å². The zero-order chi connectivity index (χ0) is 14.0. The van der Waals surface area contributed by atoms with Crippen molar-refractivity contribution in [3.63, 3.8) is 0 Å². The van der Waals surface area contributed by atoms with Crippen molar-refractivity contribution in [1.29, 1.82) is 0 Å². The van der Waals surface area contributed by atoms with Crippen molar-refractivity contribution in [2.75, 3.05) is 12.8 Å². The Hall–Kier alpha value is -1.08. The molecule has 0 fully saturated rings. The van der Waals surface area contributed by atoms with E-state index >= 15 is 0 Å². The molecular formula is C13H13ClIN3O. The number of nitrogens with two attached hydrogens (primary N) is 1. The summed E-state index contributed by atoms with van der Waals surface area (Å²) in [4.78, 5) is 8.86. The Morgan fingerprint density at radius 3 is 2.74 bits per heavy atom. The zero-order valence-electron chi connectivity index (χ0n) is 10.6. The second-order valence-electron chi connectivity index (χ2n) is 3.89. The predicted octanol–water partition coefficient (Wildman–Crippen LogP) is 3.55. The third-order valence-electron chi connectivity index (χ3n) is 2.68. The maximum Gasteiger partial charge on any atom is 0.165 e. The number of halogens is 2. The number of benzene rings is 1. The number of aromatic nitrogens is 2. The summed E-state index contributed by atoms with van der Waals surface area (Å²) in [5, 5.41) is 0.606. The number of methoxy groups -OCH3 is 1. The van der Waals surface area contributed by atoms with Crippen LogP contribution >= 0.6 is 34.2 Å². The summed E-state index contributed by atoms with van der Waals surface area (Å²) < 4.78 is 6.22. The first-order valence-electron chi connectivity index (χ1n) is 5.72. The van der Waals surface area contributed by atoms with Crippen molar-refractivity contribution in [3.05, 3.63) is 32.5 Å². The van der Waals surface area contributed by atoms with Crippen LogP contribution in [0.5, 0.6) is 5.75 Å². The lowest BCUT2D eigenvalue weighted by atomic mass is 10.1. The van der Waals surface area contributed by atoms with Crippen molar-refractivity contribution in [2.45, 2.75) is 13.3 Å². The minimum absolute atomic E-state index is 0.486. The van der Waals surface area contributed by atoms with E-state index in [1.807, 2.05) is 13.0 Å². The minimum atomic E-state index is 0.486. The SMILES string of the molecule is CCc1nc(-c2ccc(Cl)cc2OC)nc(N)c1I. The van der Waals surface area contributed by atoms with Crippen LogP contribution in [0, 0.1) is 3.57 Å². The largest absolute Gasteiger partial charge is 0.496 e. The molecule has 0 spiro atoms. The molecule has 0 saturated carbocycles. The molecule has 0 bridgehead atoms. The number of hydrogen-bond acceptors (Lipinski definition) is 4. The third kappa shape index (κ3) is 2.92. The number of rotatable bonds is 3. The second-order valence-corrected chi connectivity index (χ2v) is 5.41. The molecule has 2 N–H and O–H groups in total. The molecule has 2 aromatic rings. The highest BCUT2D eigenvalue weighted by Crippen LogP contribution is 2.31. The van der Waals surface area contributed by atoms with Gasteiger partial charge in [0, 0.05) is 5.02 Å². The van der Waals surface area contributed by atoms with E-state index in [4.69, 9.17) is 22.1 Å². The molecule has 0 atom stereocenters. The molecule has 0 aliphatic carbocycles. The van der Waals surface area contributed by atoms with Crippen LogP contribution in [0.1, 0.15) is 12.6 Å². The van der Waals surface area contributed by atoms with Gasteiger partial charge in [-0.1, -0.05) is 18.5 Å². The summed E-state index contributed by atoms with van der Waals surface area (Å²) >= 11 is 8.11. The fraction of sp³-hybridized carbons (Fsp3) is 0.231. The van der Waals surface area contributed by atoms with Gasteiger partial charge in [-0.05, 0) is 47.2 Å². The van der Waals surface area contributed by atoms with Crippen LogP contribution in [0.25, 0.3) is 11.4 Å². The van der Waals surface area contributed by atoms with Crippen LogP contribution in [-0.4, -0.2) is 17.1 Å². The van der Waals surface area contributed by atoms with Crippen molar-refractivity contribution in [3.8, 4) is 17.1 Å². The van der Waals surface area contributed by atoms with Crippen LogP contribution in [0.4, 0.5) is 5.82 Å². The topological polar surface area (TPSA) is 61.0 Å². The van der Waals surface area contributed by atoms with Crippen molar-refractivity contribution >= 4 is 40.0 Å². The maximum atomic E-state index is 5.95. The van der Waals surface area contributed by atoms with E-state index in [0.717, 1.165) is 21.2 Å². The Bertz CT molecular complexity index is 619. The van der Waals surface area contributed by atoms with Crippen LogP contribution < -0.4 is 10.5 Å². The zero-order valence-corrected chi connectivity index (χ0v) is 13.5. The molecule has 0 unspecified atom stereocenters. The Morgan fingerprint density at radius 2 is 2.11 bits per heavy atom. The smallest absolute Gasteiger partial charge is 0.165 e. The van der Waals surface area contributed by atoms with Gasteiger partial charge in [-0.15, -0.1) is 0 Å². The van der Waals surface area contributed by atoms with Crippen LogP contribution in [0.15, 0.2) is 18.2 Å². The molecule has 4 nitrogen and oxygen atoms in total. The molecule has 1 aromatic heterocycles. The van der Waals surface area contributed by atoms with Crippen molar-refractivity contribution < 1.29 is 4.74 Å². The first-order valence-corrected chi connectivity index (χ1v) is 7.18. The number of anilines is 1.